The second kappa shape index (κ2) is 6.59. The summed E-state index contributed by atoms with van der Waals surface area (Å²) < 4.78 is 0. The number of amides is 2. The topological polar surface area (TPSA) is 66.6 Å². The molecule has 1 fully saturated rings. The van der Waals surface area contributed by atoms with E-state index >= 15 is 0 Å². The number of carbonyl (C=O) groups is 2. The second-order valence-electron chi connectivity index (χ2n) is 4.76. The van der Waals surface area contributed by atoms with Crippen molar-refractivity contribution in [3.8, 4) is 0 Å². The number of nitrogens with two attached hydrogens (primary N) is 1. The lowest BCUT2D eigenvalue weighted by Gasteiger charge is -2.23. The molecule has 17 heavy (non-hydrogen) atoms. The molecular formula is C12H23N3O2. The van der Waals surface area contributed by atoms with E-state index in [0.717, 1.165) is 19.4 Å². The average molecular weight is 241 g/mol. The van der Waals surface area contributed by atoms with Crippen molar-refractivity contribution in [2.24, 2.45) is 5.73 Å². The van der Waals surface area contributed by atoms with Gasteiger partial charge in [0.15, 0.2) is 0 Å². The quantitative estimate of drug-likeness (QED) is 0.747. The van der Waals surface area contributed by atoms with Gasteiger partial charge >= 0.3 is 0 Å². The van der Waals surface area contributed by atoms with Crippen LogP contribution in [0.1, 0.15) is 32.1 Å². The molecule has 0 aromatic heterocycles. The van der Waals surface area contributed by atoms with Crippen molar-refractivity contribution >= 4 is 11.8 Å². The van der Waals surface area contributed by atoms with E-state index in [4.69, 9.17) is 5.73 Å². The normalized spacial score (nSPS) is 19.5. The van der Waals surface area contributed by atoms with Crippen molar-refractivity contribution in [2.45, 2.75) is 38.1 Å². The molecule has 0 radical (unpaired) electrons. The highest BCUT2D eigenvalue weighted by Gasteiger charge is 2.26. The summed E-state index contributed by atoms with van der Waals surface area (Å²) in [6.07, 6.45) is 3.59. The van der Waals surface area contributed by atoms with Crippen molar-refractivity contribution in [3.63, 3.8) is 0 Å². The van der Waals surface area contributed by atoms with Crippen LogP contribution in [0.2, 0.25) is 0 Å². The molecule has 1 aliphatic rings. The molecule has 0 spiro atoms. The maximum Gasteiger partial charge on any atom is 0.222 e. The Kier molecular flexibility index (Phi) is 5.41. The largest absolute Gasteiger partial charge is 0.349 e. The van der Waals surface area contributed by atoms with Gasteiger partial charge in [-0.2, -0.15) is 0 Å². The third-order valence-electron chi connectivity index (χ3n) is 3.25. The zero-order chi connectivity index (χ0) is 12.8. The summed E-state index contributed by atoms with van der Waals surface area (Å²) in [7, 11) is 3.46. The molecule has 5 heteroatoms. The minimum Gasteiger partial charge on any atom is -0.349 e. The van der Waals surface area contributed by atoms with Gasteiger partial charge in [0, 0.05) is 46.1 Å². The summed E-state index contributed by atoms with van der Waals surface area (Å²) in [5.74, 6) is 0.221. The van der Waals surface area contributed by atoms with Crippen molar-refractivity contribution in [1.29, 1.82) is 0 Å². The molecule has 2 N–H and O–H groups in total. The van der Waals surface area contributed by atoms with Gasteiger partial charge in [0.25, 0.3) is 0 Å². The van der Waals surface area contributed by atoms with Crippen molar-refractivity contribution in [3.05, 3.63) is 0 Å². The molecule has 0 bridgehead atoms. The van der Waals surface area contributed by atoms with Crippen LogP contribution in [0.4, 0.5) is 0 Å². The number of hydrogen-bond donors (Lipinski definition) is 1. The van der Waals surface area contributed by atoms with Crippen molar-refractivity contribution in [1.82, 2.24) is 9.80 Å². The first-order valence-electron chi connectivity index (χ1n) is 6.26. The summed E-state index contributed by atoms with van der Waals surface area (Å²) in [6, 6.07) is 0.215. The van der Waals surface area contributed by atoms with Gasteiger partial charge in [-0.1, -0.05) is 0 Å². The molecule has 1 atom stereocenters. The highest BCUT2D eigenvalue weighted by molar-refractivity contribution is 5.79. The average Bonchev–Trinajstić information content (AvgIpc) is 2.76. The van der Waals surface area contributed by atoms with Gasteiger partial charge in [-0.25, -0.2) is 0 Å². The molecule has 0 aromatic carbocycles. The molecule has 5 nitrogen and oxygen atoms in total. The van der Waals surface area contributed by atoms with E-state index in [1.165, 1.54) is 0 Å². The van der Waals surface area contributed by atoms with Gasteiger partial charge in [-0.05, 0) is 19.3 Å². The minimum absolute atomic E-state index is 0.0783. The lowest BCUT2D eigenvalue weighted by atomic mass is 10.2. The van der Waals surface area contributed by atoms with Gasteiger partial charge in [0.2, 0.25) is 11.8 Å². The van der Waals surface area contributed by atoms with Gasteiger partial charge < -0.3 is 15.5 Å². The molecule has 0 aliphatic carbocycles. The molecule has 1 unspecified atom stereocenters. The Morgan fingerprint density at radius 2 is 2.06 bits per heavy atom. The summed E-state index contributed by atoms with van der Waals surface area (Å²) >= 11 is 0. The van der Waals surface area contributed by atoms with Gasteiger partial charge in [-0.3, -0.25) is 9.59 Å². The summed E-state index contributed by atoms with van der Waals surface area (Å²) in [5.41, 5.74) is 5.62. The Bertz CT molecular complexity index is 279. The van der Waals surface area contributed by atoms with Crippen LogP contribution in [-0.4, -0.2) is 54.8 Å². The first-order chi connectivity index (χ1) is 8.06. The third kappa shape index (κ3) is 4.00. The van der Waals surface area contributed by atoms with E-state index in [1.807, 2.05) is 4.90 Å². The fraction of sp³-hybridized carbons (Fsp3) is 0.833. The number of carbonyl (C=O) groups excluding carboxylic acids is 2. The molecule has 1 saturated heterocycles. The SMILES string of the molecule is CN(C)C(=O)CCCC(=O)N1CCCC1CN. The predicted octanol–water partition coefficient (Wildman–Crippen LogP) is 0.195. The molecule has 0 aromatic rings. The Labute approximate surface area is 103 Å². The van der Waals surface area contributed by atoms with Crippen LogP contribution in [0, 0.1) is 0 Å². The standard InChI is InChI=1S/C12H23N3O2/c1-14(2)11(16)6-3-7-12(17)15-8-4-5-10(15)9-13/h10H,3-9,13H2,1-2H3. The fourth-order valence-electron chi connectivity index (χ4n) is 2.17. The van der Waals surface area contributed by atoms with Crippen LogP contribution < -0.4 is 5.73 Å². The second-order valence-corrected chi connectivity index (χ2v) is 4.76. The molecule has 1 aliphatic heterocycles. The Balaban J connectivity index is 2.27. The smallest absolute Gasteiger partial charge is 0.222 e. The lowest BCUT2D eigenvalue weighted by Crippen LogP contribution is -2.39. The highest BCUT2D eigenvalue weighted by Crippen LogP contribution is 2.17. The Morgan fingerprint density at radius 1 is 1.35 bits per heavy atom. The van der Waals surface area contributed by atoms with Crippen LogP contribution in [0.25, 0.3) is 0 Å². The molecule has 2 amide bonds. The van der Waals surface area contributed by atoms with E-state index in [9.17, 15) is 9.59 Å². The first-order valence-corrected chi connectivity index (χ1v) is 6.26. The van der Waals surface area contributed by atoms with Gasteiger partial charge in [-0.15, -0.1) is 0 Å². The van der Waals surface area contributed by atoms with Crippen LogP contribution in [0.3, 0.4) is 0 Å². The van der Waals surface area contributed by atoms with Gasteiger partial charge in [0.1, 0.15) is 0 Å². The third-order valence-corrected chi connectivity index (χ3v) is 3.25. The van der Waals surface area contributed by atoms with Crippen LogP contribution >= 0.6 is 0 Å². The monoisotopic (exact) mass is 241 g/mol. The lowest BCUT2D eigenvalue weighted by molar-refractivity contribution is -0.132. The molecule has 0 saturated carbocycles. The van der Waals surface area contributed by atoms with E-state index in [1.54, 1.807) is 19.0 Å². The number of nitrogens with zero attached hydrogens (tertiary/aromatic N) is 2. The van der Waals surface area contributed by atoms with E-state index in [2.05, 4.69) is 0 Å². The molecular weight excluding hydrogens is 218 g/mol. The van der Waals surface area contributed by atoms with Crippen LogP contribution in [-0.2, 0) is 9.59 Å². The minimum atomic E-state index is 0.0783. The summed E-state index contributed by atoms with van der Waals surface area (Å²) in [4.78, 5) is 26.7. The van der Waals surface area contributed by atoms with Crippen LogP contribution in [0.5, 0.6) is 0 Å². The number of hydrogen-bond acceptors (Lipinski definition) is 3. The summed E-state index contributed by atoms with van der Waals surface area (Å²) in [6.45, 7) is 1.37. The number of rotatable bonds is 5. The zero-order valence-electron chi connectivity index (χ0n) is 10.8. The molecule has 1 rings (SSSR count). The summed E-state index contributed by atoms with van der Waals surface area (Å²) in [5, 5.41) is 0. The maximum atomic E-state index is 11.9. The molecule has 1 heterocycles. The number of likely N-dealkylation sites (tertiary alicyclic amines) is 1. The first kappa shape index (κ1) is 14.0. The van der Waals surface area contributed by atoms with Crippen molar-refractivity contribution in [2.75, 3.05) is 27.2 Å². The Hall–Kier alpha value is -1.10. The predicted molar refractivity (Wildman–Crippen MR) is 66.3 cm³/mol. The van der Waals surface area contributed by atoms with E-state index in [0.29, 0.717) is 25.8 Å². The maximum absolute atomic E-state index is 11.9. The van der Waals surface area contributed by atoms with Crippen molar-refractivity contribution < 1.29 is 9.59 Å². The zero-order valence-corrected chi connectivity index (χ0v) is 10.8. The Morgan fingerprint density at radius 3 is 2.65 bits per heavy atom. The van der Waals surface area contributed by atoms with E-state index < -0.39 is 0 Å². The highest BCUT2D eigenvalue weighted by atomic mass is 16.2. The van der Waals surface area contributed by atoms with E-state index in [-0.39, 0.29) is 17.9 Å². The fourth-order valence-corrected chi connectivity index (χ4v) is 2.17. The molecule has 98 valence electrons. The van der Waals surface area contributed by atoms with Gasteiger partial charge in [0.05, 0.1) is 0 Å². The van der Waals surface area contributed by atoms with Crippen LogP contribution in [0.15, 0.2) is 0 Å².